The molecule has 0 atom stereocenters. The van der Waals surface area contributed by atoms with Gasteiger partial charge in [-0.1, -0.05) is 24.8 Å². The molecule has 1 amide bonds. The first kappa shape index (κ1) is 26.5. The zero-order valence-corrected chi connectivity index (χ0v) is 21.6. The van der Waals surface area contributed by atoms with Crippen molar-refractivity contribution in [3.63, 3.8) is 0 Å². The molecule has 0 aliphatic heterocycles. The lowest BCUT2D eigenvalue weighted by Crippen LogP contribution is -2.29. The van der Waals surface area contributed by atoms with E-state index < -0.39 is 0 Å². The summed E-state index contributed by atoms with van der Waals surface area (Å²) in [6, 6.07) is 13.7. The maximum absolute atomic E-state index is 12.2. The molecule has 3 aromatic rings. The van der Waals surface area contributed by atoms with Crippen LogP contribution < -0.4 is 25.6 Å². The lowest BCUT2D eigenvalue weighted by Gasteiger charge is -2.26. The Morgan fingerprint density at radius 3 is 2.56 bits per heavy atom. The highest BCUT2D eigenvalue weighted by atomic mass is 16.5. The van der Waals surface area contributed by atoms with Crippen LogP contribution in [0.3, 0.4) is 0 Å². The summed E-state index contributed by atoms with van der Waals surface area (Å²) in [6.07, 6.45) is 3.63. The Labute approximate surface area is 213 Å². The van der Waals surface area contributed by atoms with Gasteiger partial charge in [0.1, 0.15) is 5.75 Å². The van der Waals surface area contributed by atoms with Crippen molar-refractivity contribution in [1.82, 2.24) is 14.9 Å². The van der Waals surface area contributed by atoms with Gasteiger partial charge in [-0.05, 0) is 43.9 Å². The number of nitrogens with zero attached hydrogens (tertiary/aromatic N) is 4. The summed E-state index contributed by atoms with van der Waals surface area (Å²) in [5, 5.41) is 9.38. The quantitative estimate of drug-likeness (QED) is 0.329. The van der Waals surface area contributed by atoms with Crippen molar-refractivity contribution in [3.8, 4) is 5.75 Å². The van der Waals surface area contributed by atoms with Crippen LogP contribution in [0.2, 0.25) is 0 Å². The summed E-state index contributed by atoms with van der Waals surface area (Å²) in [4.78, 5) is 25.4. The lowest BCUT2D eigenvalue weighted by atomic mass is 10.1. The van der Waals surface area contributed by atoms with Gasteiger partial charge in [0.25, 0.3) is 0 Å². The van der Waals surface area contributed by atoms with Crippen molar-refractivity contribution in [2.45, 2.75) is 6.42 Å². The molecule has 0 spiro atoms. The third kappa shape index (κ3) is 6.96. The number of rotatable bonds is 12. The molecule has 190 valence electrons. The molecule has 0 radical (unpaired) electrons. The van der Waals surface area contributed by atoms with Gasteiger partial charge in [-0.15, -0.1) is 0 Å². The van der Waals surface area contributed by atoms with Gasteiger partial charge >= 0.3 is 0 Å². The maximum Gasteiger partial charge on any atom is 0.247 e. The third-order valence-corrected chi connectivity index (χ3v) is 5.67. The Kier molecular flexibility index (Phi) is 9.24. The Hall–Kier alpha value is -4.11. The Morgan fingerprint density at radius 2 is 1.86 bits per heavy atom. The van der Waals surface area contributed by atoms with Gasteiger partial charge in [0, 0.05) is 51.6 Å². The average molecular weight is 490 g/mol. The Balaban J connectivity index is 1.92. The molecule has 36 heavy (non-hydrogen) atoms. The first-order chi connectivity index (χ1) is 17.3. The van der Waals surface area contributed by atoms with Crippen LogP contribution in [-0.4, -0.2) is 69.2 Å². The Bertz CT molecular complexity index is 1200. The van der Waals surface area contributed by atoms with Gasteiger partial charge in [0.05, 0.1) is 29.9 Å². The fraction of sp³-hybridized carbons (Fsp3) is 0.296. The number of methoxy groups -OCH3 is 1. The van der Waals surface area contributed by atoms with E-state index in [1.807, 2.05) is 64.6 Å². The van der Waals surface area contributed by atoms with E-state index in [0.717, 1.165) is 35.7 Å². The molecule has 3 N–H and O–H groups in total. The second-order valence-corrected chi connectivity index (χ2v) is 8.57. The van der Waals surface area contributed by atoms with Crippen LogP contribution in [-0.2, 0) is 11.2 Å². The molecular weight excluding hydrogens is 454 g/mol. The van der Waals surface area contributed by atoms with Crippen LogP contribution in [0, 0.1) is 0 Å². The number of nitrogens with one attached hydrogen (secondary N) is 3. The molecular formula is C27H35N7O2. The second-order valence-electron chi connectivity index (χ2n) is 8.57. The number of carbonyl (C=O) groups is 1. The van der Waals surface area contributed by atoms with Gasteiger partial charge in [0.15, 0.2) is 0 Å². The number of ether oxygens (including phenoxy) is 1. The molecule has 9 nitrogen and oxygen atoms in total. The zero-order chi connectivity index (χ0) is 26.1. The highest BCUT2D eigenvalue weighted by Crippen LogP contribution is 2.38. The topological polar surface area (TPSA) is 94.6 Å². The van der Waals surface area contributed by atoms with Crippen LogP contribution in [0.25, 0.3) is 0 Å². The molecule has 0 aliphatic carbocycles. The van der Waals surface area contributed by atoms with E-state index in [9.17, 15) is 4.79 Å². The minimum absolute atomic E-state index is 0.296. The zero-order valence-electron chi connectivity index (χ0n) is 21.6. The molecule has 0 saturated carbocycles. The monoisotopic (exact) mass is 489 g/mol. The summed E-state index contributed by atoms with van der Waals surface area (Å²) >= 11 is 0. The summed E-state index contributed by atoms with van der Waals surface area (Å²) in [6.45, 7) is 5.19. The van der Waals surface area contributed by atoms with Gasteiger partial charge in [0.2, 0.25) is 11.9 Å². The number of benzene rings is 2. The molecule has 0 aliphatic rings. The predicted octanol–water partition coefficient (Wildman–Crippen LogP) is 3.98. The minimum Gasteiger partial charge on any atom is -0.494 e. The van der Waals surface area contributed by atoms with Crippen molar-refractivity contribution in [1.29, 1.82) is 0 Å². The van der Waals surface area contributed by atoms with E-state index >= 15 is 0 Å². The van der Waals surface area contributed by atoms with Gasteiger partial charge in [-0.2, -0.15) is 0 Å². The van der Waals surface area contributed by atoms with Crippen LogP contribution in [0.15, 0.2) is 61.3 Å². The van der Waals surface area contributed by atoms with E-state index in [2.05, 4.69) is 43.4 Å². The van der Waals surface area contributed by atoms with E-state index in [-0.39, 0.29) is 5.91 Å². The number of anilines is 5. The summed E-state index contributed by atoms with van der Waals surface area (Å²) < 4.78 is 5.68. The largest absolute Gasteiger partial charge is 0.494 e. The van der Waals surface area contributed by atoms with Gasteiger partial charge < -0.3 is 30.5 Å². The molecule has 0 fully saturated rings. The molecule has 3 rings (SSSR count). The molecule has 1 aromatic heterocycles. The fourth-order valence-corrected chi connectivity index (χ4v) is 3.69. The van der Waals surface area contributed by atoms with Crippen molar-refractivity contribution in [3.05, 3.63) is 72.6 Å². The number of likely N-dealkylation sites (N-methyl/N-ethyl adjacent to an activating group) is 2. The average Bonchev–Trinajstić information content (AvgIpc) is 2.88. The number of hydrogen-bond acceptors (Lipinski definition) is 8. The minimum atomic E-state index is -0.296. The lowest BCUT2D eigenvalue weighted by molar-refractivity contribution is -0.111. The molecule has 0 bridgehead atoms. The first-order valence-electron chi connectivity index (χ1n) is 11.7. The number of amides is 1. The third-order valence-electron chi connectivity index (χ3n) is 5.67. The Morgan fingerprint density at radius 1 is 1.08 bits per heavy atom. The second kappa shape index (κ2) is 12.6. The van der Waals surface area contributed by atoms with Gasteiger partial charge in [-0.25, -0.2) is 9.97 Å². The first-order valence-corrected chi connectivity index (χ1v) is 11.7. The van der Waals surface area contributed by atoms with Crippen LogP contribution in [0.1, 0.15) is 11.3 Å². The van der Waals surface area contributed by atoms with E-state index in [0.29, 0.717) is 29.5 Å². The maximum atomic E-state index is 12.2. The smallest absolute Gasteiger partial charge is 0.247 e. The molecule has 9 heteroatoms. The van der Waals surface area contributed by atoms with Crippen molar-refractivity contribution in [2.24, 2.45) is 0 Å². The number of carbonyl (C=O) groups excluding carboxylic acids is 1. The van der Waals surface area contributed by atoms with E-state index in [1.165, 1.54) is 6.08 Å². The van der Waals surface area contributed by atoms with Crippen LogP contribution in [0.5, 0.6) is 5.75 Å². The van der Waals surface area contributed by atoms with Crippen LogP contribution in [0.4, 0.5) is 28.7 Å². The number of aromatic nitrogens is 2. The van der Waals surface area contributed by atoms with E-state index in [1.54, 1.807) is 13.3 Å². The van der Waals surface area contributed by atoms with Crippen molar-refractivity contribution < 1.29 is 9.53 Å². The highest BCUT2D eigenvalue weighted by Gasteiger charge is 2.16. The summed E-state index contributed by atoms with van der Waals surface area (Å²) in [7, 11) is 9.53. The number of hydrogen-bond donors (Lipinski definition) is 3. The summed E-state index contributed by atoms with van der Waals surface area (Å²) in [5.74, 6) is 0.741. The molecule has 1 heterocycles. The standard InChI is InChI=1S/C27H35N7O2/c1-7-26(35)31-22-17-23(25(36-6)18-24(22)34(5)15-14-33(3)4)32-27-29-13-12-20(30-27)16-19-10-8-9-11-21(19)28-2/h7-13,17-18,28H,1,14-16H2,2-6H3,(H,31,35)(H,29,30,32). The normalized spacial score (nSPS) is 10.6. The molecule has 0 saturated heterocycles. The highest BCUT2D eigenvalue weighted by molar-refractivity contribution is 6.02. The van der Waals surface area contributed by atoms with Crippen molar-refractivity contribution in [2.75, 3.05) is 69.2 Å². The summed E-state index contributed by atoms with van der Waals surface area (Å²) in [5.41, 5.74) is 5.16. The SMILES string of the molecule is C=CC(=O)Nc1cc(Nc2nccc(Cc3ccccc3NC)n2)c(OC)cc1N(C)CCN(C)C. The van der Waals surface area contributed by atoms with Crippen molar-refractivity contribution >= 4 is 34.6 Å². The predicted molar refractivity (Wildman–Crippen MR) is 148 cm³/mol. The molecule has 0 unspecified atom stereocenters. The number of para-hydroxylation sites is 1. The van der Waals surface area contributed by atoms with Gasteiger partial charge in [-0.3, -0.25) is 4.79 Å². The fourth-order valence-electron chi connectivity index (χ4n) is 3.69. The molecule has 2 aromatic carbocycles. The van der Waals surface area contributed by atoms with Crippen LogP contribution >= 0.6 is 0 Å². The van der Waals surface area contributed by atoms with E-state index in [4.69, 9.17) is 9.72 Å².